The number of rotatable bonds is 4. The van der Waals surface area contributed by atoms with Crippen molar-refractivity contribution in [3.63, 3.8) is 0 Å². The van der Waals surface area contributed by atoms with E-state index < -0.39 is 0 Å². The monoisotopic (exact) mass is 239 g/mol. The highest BCUT2D eigenvalue weighted by molar-refractivity contribution is 5.81. The summed E-state index contributed by atoms with van der Waals surface area (Å²) in [5, 5.41) is 10.0. The molecule has 1 heterocycles. The molecule has 92 valence electrons. The molecule has 2 rings (SSSR count). The lowest BCUT2D eigenvalue weighted by atomic mass is 10.1. The highest BCUT2D eigenvalue weighted by Gasteiger charge is 2.08. The number of benzene rings is 1. The molecule has 0 fully saturated rings. The van der Waals surface area contributed by atoms with Gasteiger partial charge in [-0.2, -0.15) is 5.26 Å². The van der Waals surface area contributed by atoms with Crippen LogP contribution in [0.5, 0.6) is 0 Å². The number of nitriles is 1. The molecule has 0 aliphatic heterocycles. The van der Waals surface area contributed by atoms with Crippen LogP contribution in [-0.2, 0) is 6.54 Å². The Morgan fingerprint density at radius 2 is 2.11 bits per heavy atom. The Bertz CT molecular complexity index is 566. The summed E-state index contributed by atoms with van der Waals surface area (Å²) in [7, 11) is 2.04. The molecule has 2 aromatic rings. The number of fused-ring (bicyclic) bond motifs is 1. The lowest BCUT2D eigenvalue weighted by Gasteiger charge is -2.18. The van der Waals surface area contributed by atoms with Gasteiger partial charge in [-0.25, -0.2) is 0 Å². The maximum Gasteiger partial charge on any atom is 0.0705 e. The first-order chi connectivity index (χ1) is 8.70. The molecule has 1 unspecified atom stereocenters. The molecular formula is C15H17N3. The Morgan fingerprint density at radius 3 is 2.89 bits per heavy atom. The molecule has 3 nitrogen and oxygen atoms in total. The first kappa shape index (κ1) is 12.5. The molecule has 0 N–H and O–H groups in total. The Kier molecular flexibility index (Phi) is 3.91. The van der Waals surface area contributed by atoms with E-state index in [-0.39, 0.29) is 5.92 Å². The van der Waals surface area contributed by atoms with Crippen LogP contribution < -0.4 is 0 Å². The molecular weight excluding hydrogens is 222 g/mol. The summed E-state index contributed by atoms with van der Waals surface area (Å²) in [6.07, 6.45) is 1.85. The number of pyridine rings is 1. The zero-order valence-electron chi connectivity index (χ0n) is 10.8. The van der Waals surface area contributed by atoms with Gasteiger partial charge in [-0.05, 0) is 31.7 Å². The quantitative estimate of drug-likeness (QED) is 0.823. The summed E-state index contributed by atoms with van der Waals surface area (Å²) < 4.78 is 0. The molecule has 0 aliphatic carbocycles. The van der Waals surface area contributed by atoms with Crippen molar-refractivity contribution in [2.24, 2.45) is 5.92 Å². The van der Waals surface area contributed by atoms with Crippen LogP contribution >= 0.6 is 0 Å². The van der Waals surface area contributed by atoms with E-state index in [1.807, 2.05) is 38.4 Å². The fourth-order valence-electron chi connectivity index (χ4n) is 2.16. The number of aromatic nitrogens is 1. The topological polar surface area (TPSA) is 39.9 Å². The average Bonchev–Trinajstić information content (AvgIpc) is 2.39. The van der Waals surface area contributed by atoms with Gasteiger partial charge in [0.05, 0.1) is 17.5 Å². The van der Waals surface area contributed by atoms with E-state index in [1.54, 1.807) is 0 Å². The van der Waals surface area contributed by atoms with Crippen LogP contribution in [0.15, 0.2) is 36.5 Å². The lowest BCUT2D eigenvalue weighted by Crippen LogP contribution is -2.23. The third-order valence-electron chi connectivity index (χ3n) is 2.99. The molecule has 3 heteroatoms. The van der Waals surface area contributed by atoms with Crippen LogP contribution in [0.4, 0.5) is 0 Å². The van der Waals surface area contributed by atoms with Crippen molar-refractivity contribution in [3.8, 4) is 6.07 Å². The standard InChI is InChI=1S/C15H17N3/c1-12(9-16)10-18(2)11-13-7-8-17-15-6-4-3-5-14(13)15/h3-8,12H,10-11H2,1-2H3. The van der Waals surface area contributed by atoms with Crippen LogP contribution in [0.3, 0.4) is 0 Å². The van der Waals surface area contributed by atoms with Gasteiger partial charge >= 0.3 is 0 Å². The summed E-state index contributed by atoms with van der Waals surface area (Å²) in [5.41, 5.74) is 2.28. The summed E-state index contributed by atoms with van der Waals surface area (Å²) in [6.45, 7) is 3.57. The Hall–Kier alpha value is -1.92. The third kappa shape index (κ3) is 2.85. The number of nitrogens with zero attached hydrogens (tertiary/aromatic N) is 3. The van der Waals surface area contributed by atoms with Crippen LogP contribution in [0.25, 0.3) is 10.9 Å². The molecule has 18 heavy (non-hydrogen) atoms. The fraction of sp³-hybridized carbons (Fsp3) is 0.333. The third-order valence-corrected chi connectivity index (χ3v) is 2.99. The zero-order valence-corrected chi connectivity index (χ0v) is 10.8. The second-order valence-electron chi connectivity index (χ2n) is 4.71. The van der Waals surface area contributed by atoms with Crippen molar-refractivity contribution < 1.29 is 0 Å². The fourth-order valence-corrected chi connectivity index (χ4v) is 2.16. The molecule has 0 saturated carbocycles. The van der Waals surface area contributed by atoms with Gasteiger partial charge in [0.2, 0.25) is 0 Å². The van der Waals surface area contributed by atoms with E-state index in [4.69, 9.17) is 5.26 Å². The van der Waals surface area contributed by atoms with Crippen molar-refractivity contribution in [2.45, 2.75) is 13.5 Å². The van der Waals surface area contributed by atoms with Gasteiger partial charge in [0, 0.05) is 24.7 Å². The highest BCUT2D eigenvalue weighted by Crippen LogP contribution is 2.17. The van der Waals surface area contributed by atoms with Crippen LogP contribution in [-0.4, -0.2) is 23.5 Å². The maximum absolute atomic E-state index is 8.83. The molecule has 0 saturated heterocycles. The van der Waals surface area contributed by atoms with Gasteiger partial charge in [-0.1, -0.05) is 18.2 Å². The summed E-state index contributed by atoms with van der Waals surface area (Å²) >= 11 is 0. The van der Waals surface area contributed by atoms with Gasteiger partial charge in [0.15, 0.2) is 0 Å². The normalized spacial score (nSPS) is 12.6. The minimum atomic E-state index is 0.0584. The lowest BCUT2D eigenvalue weighted by molar-refractivity contribution is 0.304. The van der Waals surface area contributed by atoms with Crippen LogP contribution in [0.1, 0.15) is 12.5 Å². The largest absolute Gasteiger partial charge is 0.301 e. The Morgan fingerprint density at radius 1 is 1.33 bits per heavy atom. The van der Waals surface area contributed by atoms with Gasteiger partial charge in [-0.15, -0.1) is 0 Å². The second kappa shape index (κ2) is 5.61. The van der Waals surface area contributed by atoms with E-state index in [0.717, 1.165) is 18.6 Å². The van der Waals surface area contributed by atoms with Crippen LogP contribution in [0, 0.1) is 17.2 Å². The second-order valence-corrected chi connectivity index (χ2v) is 4.71. The van der Waals surface area contributed by atoms with Crippen molar-refractivity contribution in [1.29, 1.82) is 5.26 Å². The SMILES string of the molecule is CC(C#N)CN(C)Cc1ccnc2ccccc12. The molecule has 0 radical (unpaired) electrons. The maximum atomic E-state index is 8.83. The summed E-state index contributed by atoms with van der Waals surface area (Å²) in [5.74, 6) is 0.0584. The minimum Gasteiger partial charge on any atom is -0.301 e. The Balaban J connectivity index is 2.19. The van der Waals surface area contributed by atoms with Crippen molar-refractivity contribution in [1.82, 2.24) is 9.88 Å². The highest BCUT2D eigenvalue weighted by atomic mass is 15.1. The van der Waals surface area contributed by atoms with Crippen molar-refractivity contribution in [3.05, 3.63) is 42.1 Å². The number of para-hydroxylation sites is 1. The van der Waals surface area contributed by atoms with E-state index in [2.05, 4.69) is 28.1 Å². The molecule has 1 atom stereocenters. The molecule has 0 bridgehead atoms. The predicted molar refractivity (Wildman–Crippen MR) is 72.9 cm³/mol. The first-order valence-corrected chi connectivity index (χ1v) is 6.11. The van der Waals surface area contributed by atoms with Crippen molar-refractivity contribution >= 4 is 10.9 Å². The summed E-state index contributed by atoms with van der Waals surface area (Å²) in [6, 6.07) is 12.5. The number of hydrogen-bond donors (Lipinski definition) is 0. The van der Waals surface area contributed by atoms with Gasteiger partial charge in [0.25, 0.3) is 0 Å². The van der Waals surface area contributed by atoms with E-state index in [9.17, 15) is 0 Å². The minimum absolute atomic E-state index is 0.0584. The molecule has 0 spiro atoms. The van der Waals surface area contributed by atoms with Gasteiger partial charge in [-0.3, -0.25) is 4.98 Å². The molecule has 0 amide bonds. The Labute approximate surface area is 108 Å². The number of hydrogen-bond acceptors (Lipinski definition) is 3. The van der Waals surface area contributed by atoms with Gasteiger partial charge < -0.3 is 4.90 Å². The summed E-state index contributed by atoms with van der Waals surface area (Å²) in [4.78, 5) is 6.53. The molecule has 0 aliphatic rings. The molecule has 1 aromatic heterocycles. The zero-order chi connectivity index (χ0) is 13.0. The first-order valence-electron chi connectivity index (χ1n) is 6.11. The average molecular weight is 239 g/mol. The van der Waals surface area contributed by atoms with Crippen molar-refractivity contribution in [2.75, 3.05) is 13.6 Å². The van der Waals surface area contributed by atoms with E-state index in [1.165, 1.54) is 10.9 Å². The van der Waals surface area contributed by atoms with E-state index >= 15 is 0 Å². The van der Waals surface area contributed by atoms with Gasteiger partial charge in [0.1, 0.15) is 0 Å². The predicted octanol–water partition coefficient (Wildman–Crippen LogP) is 2.83. The smallest absolute Gasteiger partial charge is 0.0705 e. The van der Waals surface area contributed by atoms with Crippen LogP contribution in [0.2, 0.25) is 0 Å². The molecule has 1 aromatic carbocycles. The van der Waals surface area contributed by atoms with E-state index in [0.29, 0.717) is 0 Å².